The van der Waals surface area contributed by atoms with Crippen LogP contribution in [0, 0.1) is 0 Å². The molecule has 0 saturated carbocycles. The maximum absolute atomic E-state index is 7.13. The van der Waals surface area contributed by atoms with Gasteiger partial charge in [0.05, 0.1) is 77.3 Å². The summed E-state index contributed by atoms with van der Waals surface area (Å²) in [6.45, 7) is 0. The van der Waals surface area contributed by atoms with Crippen molar-refractivity contribution in [3.63, 3.8) is 0 Å². The summed E-state index contributed by atoms with van der Waals surface area (Å²) in [7, 11) is 0. The lowest BCUT2D eigenvalue weighted by Gasteiger charge is -2.11. The Balaban J connectivity index is 0.726. The van der Waals surface area contributed by atoms with E-state index in [1.54, 1.807) is 0 Å². The second-order valence-electron chi connectivity index (χ2n) is 25.6. The van der Waals surface area contributed by atoms with Gasteiger partial charge in [-0.15, -0.1) is 0 Å². The van der Waals surface area contributed by atoms with Gasteiger partial charge in [0.2, 0.25) is 23.3 Å². The molecular formula is C86H46N8O2. The number of rotatable bonds is 6. The minimum Gasteiger partial charge on any atom is -0.437 e. The van der Waals surface area contributed by atoms with Crippen LogP contribution in [0.2, 0.25) is 0 Å². The Morgan fingerprint density at radius 1 is 0.219 bits per heavy atom. The van der Waals surface area contributed by atoms with Gasteiger partial charge in [-0.1, -0.05) is 206 Å². The molecule has 0 radical (unpaired) electrons. The topological polar surface area (TPSA) is 96.5 Å². The molecule has 0 N–H and O–H groups in total. The van der Waals surface area contributed by atoms with Gasteiger partial charge >= 0.3 is 0 Å². The summed E-state index contributed by atoms with van der Waals surface area (Å²) in [5.41, 5.74) is 21.6. The van der Waals surface area contributed by atoms with Gasteiger partial charge in [-0.2, -0.15) is 9.97 Å². The number of benzene rings is 13. The largest absolute Gasteiger partial charge is 0.437 e. The zero-order valence-electron chi connectivity index (χ0n) is 51.0. The van der Waals surface area contributed by atoms with E-state index in [9.17, 15) is 0 Å². The number of nitrogens with zero attached hydrogens (tertiary/aromatic N) is 8. The van der Waals surface area contributed by atoms with Crippen molar-refractivity contribution in [2.75, 3.05) is 0 Å². The Bertz CT molecular complexity index is 7310. The van der Waals surface area contributed by atoms with Crippen molar-refractivity contribution in [3.05, 3.63) is 279 Å². The van der Waals surface area contributed by atoms with Gasteiger partial charge < -0.3 is 17.6 Å². The predicted molar refractivity (Wildman–Crippen MR) is 392 cm³/mol. The average Bonchev–Trinajstić information content (AvgIpc) is 1.52. The number of para-hydroxylation sites is 6. The first-order valence-electron chi connectivity index (χ1n) is 32.5. The van der Waals surface area contributed by atoms with Crippen molar-refractivity contribution in [3.8, 4) is 56.7 Å². The van der Waals surface area contributed by atoms with Crippen LogP contribution < -0.4 is 0 Å². The van der Waals surface area contributed by atoms with Crippen molar-refractivity contribution in [1.29, 1.82) is 0 Å². The lowest BCUT2D eigenvalue weighted by Crippen LogP contribution is -2.03. The van der Waals surface area contributed by atoms with Crippen LogP contribution in [0.4, 0.5) is 0 Å². The van der Waals surface area contributed by atoms with Gasteiger partial charge in [0.1, 0.15) is 11.2 Å². The van der Waals surface area contributed by atoms with Crippen LogP contribution in [0.15, 0.2) is 288 Å². The third kappa shape index (κ3) is 6.53. The van der Waals surface area contributed by atoms with Crippen LogP contribution >= 0.6 is 0 Å². The van der Waals surface area contributed by atoms with Crippen molar-refractivity contribution in [1.82, 2.24) is 37.9 Å². The normalized spacial score (nSPS) is 12.6. The molecular weight excluding hydrogens is 1180 g/mol. The first-order valence-corrected chi connectivity index (χ1v) is 32.5. The summed E-state index contributed by atoms with van der Waals surface area (Å²) in [6.07, 6.45) is 0. The van der Waals surface area contributed by atoms with E-state index in [4.69, 9.17) is 28.8 Å². The summed E-state index contributed by atoms with van der Waals surface area (Å²) < 4.78 is 23.3. The molecule has 10 heteroatoms. The quantitative estimate of drug-likeness (QED) is 0.165. The number of hydrogen-bond acceptors (Lipinski definition) is 6. The zero-order valence-corrected chi connectivity index (χ0v) is 51.0. The second-order valence-corrected chi connectivity index (χ2v) is 25.6. The molecule has 23 aromatic rings. The van der Waals surface area contributed by atoms with Gasteiger partial charge in [-0.3, -0.25) is 9.13 Å². The van der Waals surface area contributed by atoms with Crippen molar-refractivity contribution in [2.24, 2.45) is 0 Å². The summed E-state index contributed by atoms with van der Waals surface area (Å²) in [4.78, 5) is 22.2. The molecule has 0 unspecified atom stereocenters. The van der Waals surface area contributed by atoms with Gasteiger partial charge in [0, 0.05) is 86.5 Å². The smallest absolute Gasteiger partial charge is 0.238 e. The minimum absolute atomic E-state index is 0.524. The molecule has 0 amide bonds. The SMILES string of the molecule is c1ccc(-c2ccc(-c3nc(-n4c5ccccc5c5cc6c7cc(-c8ccc9c(c8)oc8nc(-n%10c%11ccccc%11c%11cc%12c%13ccccc%13n%13c%14ccccc%14c(c%11%10)c%12%13)nc(-c%10ccccc%10)c89)ccc7n7c8ccccc8c(c54)c67)nc4oc5ccccc5c34)cc2)cc1. The van der Waals surface area contributed by atoms with Gasteiger partial charge in [0.25, 0.3) is 0 Å². The van der Waals surface area contributed by atoms with E-state index in [1.807, 2.05) is 12.1 Å². The molecule has 0 bridgehead atoms. The molecule has 0 aliphatic heterocycles. The fraction of sp³-hybridized carbons (Fsp3) is 0. The Morgan fingerprint density at radius 2 is 0.594 bits per heavy atom. The number of aromatic nitrogens is 8. The number of furan rings is 2. The molecule has 10 nitrogen and oxygen atoms in total. The molecule has 0 spiro atoms. The third-order valence-electron chi connectivity index (χ3n) is 20.7. The summed E-state index contributed by atoms with van der Waals surface area (Å²) in [5, 5.41) is 17.6. The standard InChI is InChI=1S/C86H46N8O2/c1-3-19-47(20-4-1)48-35-37-50(38-36-48)78-73-58-28-12-18-34-71(58)95-83(73)89-86(88-78)94-67-31-15-9-25-55(67)63-46-64-60-43-51(40-42-70(60)92-69-33-17-11-27-57(69)76(80(64)92)82(63)94)52-39-41-59-72(44-52)96-84-74(59)77(49-21-5-2-6-22-49)87-85(90-84)93-66-30-14-8-24-54(66)62-45-61-53-23-7-13-29-65(53)91-68-32-16-10-26-56(68)75(79(61)91)81(62)93/h1-46H. The van der Waals surface area contributed by atoms with Crippen LogP contribution in [-0.4, -0.2) is 37.9 Å². The van der Waals surface area contributed by atoms with Crippen LogP contribution in [0.5, 0.6) is 0 Å². The van der Waals surface area contributed by atoms with Crippen LogP contribution in [0.3, 0.4) is 0 Å². The van der Waals surface area contributed by atoms with Crippen LogP contribution in [0.1, 0.15) is 0 Å². The first-order chi connectivity index (χ1) is 47.6. The summed E-state index contributed by atoms with van der Waals surface area (Å²) in [5.74, 6) is 1.09. The lowest BCUT2D eigenvalue weighted by molar-refractivity contribution is 0.651. The highest BCUT2D eigenvalue weighted by molar-refractivity contribution is 6.36. The van der Waals surface area contributed by atoms with Crippen LogP contribution in [-0.2, 0) is 0 Å². The van der Waals surface area contributed by atoms with E-state index < -0.39 is 0 Å². The monoisotopic (exact) mass is 1220 g/mol. The maximum atomic E-state index is 7.13. The molecule has 442 valence electrons. The first kappa shape index (κ1) is 50.5. The predicted octanol–water partition coefficient (Wildman–Crippen LogP) is 22.2. The molecule has 96 heavy (non-hydrogen) atoms. The maximum Gasteiger partial charge on any atom is 0.238 e. The van der Waals surface area contributed by atoms with Crippen molar-refractivity contribution < 1.29 is 8.83 Å². The highest BCUT2D eigenvalue weighted by Gasteiger charge is 2.30. The molecule has 0 atom stereocenters. The van der Waals surface area contributed by atoms with Crippen LogP contribution in [0.25, 0.3) is 221 Å². The van der Waals surface area contributed by atoms with E-state index in [0.717, 1.165) is 159 Å². The Hall–Kier alpha value is -13.2. The highest BCUT2D eigenvalue weighted by Crippen LogP contribution is 2.50. The van der Waals surface area contributed by atoms with E-state index >= 15 is 0 Å². The Labute approximate surface area is 543 Å². The molecule has 13 aromatic carbocycles. The van der Waals surface area contributed by atoms with Crippen molar-refractivity contribution in [2.45, 2.75) is 0 Å². The highest BCUT2D eigenvalue weighted by atomic mass is 16.3. The average molecular weight is 1220 g/mol. The zero-order chi connectivity index (χ0) is 62.2. The van der Waals surface area contributed by atoms with Gasteiger partial charge in [0.15, 0.2) is 0 Å². The van der Waals surface area contributed by atoms with E-state index in [-0.39, 0.29) is 0 Å². The molecule has 10 aromatic heterocycles. The third-order valence-corrected chi connectivity index (χ3v) is 20.7. The number of hydrogen-bond donors (Lipinski definition) is 0. The molecule has 10 heterocycles. The molecule has 0 aliphatic rings. The summed E-state index contributed by atoms with van der Waals surface area (Å²) >= 11 is 0. The van der Waals surface area contributed by atoms with E-state index in [1.165, 1.54) is 38.1 Å². The molecule has 0 aliphatic carbocycles. The Kier molecular flexibility index (Phi) is 9.63. The fourth-order valence-corrected chi connectivity index (χ4v) is 16.7. The van der Waals surface area contributed by atoms with Gasteiger partial charge in [-0.25, -0.2) is 9.97 Å². The lowest BCUT2D eigenvalue weighted by atomic mass is 9.99. The molecule has 23 rings (SSSR count). The fourth-order valence-electron chi connectivity index (χ4n) is 16.7. The van der Waals surface area contributed by atoms with E-state index in [2.05, 4.69) is 285 Å². The van der Waals surface area contributed by atoms with Gasteiger partial charge in [-0.05, 0) is 95.1 Å². The molecule has 0 saturated heterocycles. The van der Waals surface area contributed by atoms with Crippen molar-refractivity contribution >= 4 is 164 Å². The number of fused-ring (bicyclic) bond motifs is 26. The summed E-state index contributed by atoms with van der Waals surface area (Å²) in [6, 6.07) is 99.8. The molecule has 0 fully saturated rings. The minimum atomic E-state index is 0.524. The Morgan fingerprint density at radius 3 is 1.18 bits per heavy atom. The second kappa shape index (κ2) is 18.3. The van der Waals surface area contributed by atoms with E-state index in [0.29, 0.717) is 23.3 Å².